The summed E-state index contributed by atoms with van der Waals surface area (Å²) in [5, 5.41) is 0. The van der Waals surface area contributed by atoms with Crippen molar-refractivity contribution < 1.29 is 17.9 Å². The monoisotopic (exact) mass is 473 g/mol. The van der Waals surface area contributed by atoms with Crippen LogP contribution in [0, 0.1) is 0 Å². The fraction of sp³-hybridized carbons (Fsp3) is 0.417. The zero-order valence-electron chi connectivity index (χ0n) is 19.4. The SMILES string of the molecule is CCCn1c(=O)n(CCC(=O)N(C)CCCOc2cccc(S(C)(=O)=O)c2)c2ccccc21. The Morgan fingerprint density at radius 3 is 2.33 bits per heavy atom. The molecule has 1 aromatic heterocycles. The molecule has 0 aliphatic heterocycles. The average molecular weight is 474 g/mol. The van der Waals surface area contributed by atoms with E-state index in [4.69, 9.17) is 4.74 Å². The maximum absolute atomic E-state index is 12.8. The van der Waals surface area contributed by atoms with Crippen LogP contribution in [0.2, 0.25) is 0 Å². The van der Waals surface area contributed by atoms with Crippen molar-refractivity contribution in [2.75, 3.05) is 26.5 Å². The molecule has 0 radical (unpaired) electrons. The number of sulfone groups is 1. The number of rotatable bonds is 11. The molecule has 1 amide bonds. The van der Waals surface area contributed by atoms with E-state index in [0.717, 1.165) is 23.7 Å². The Hall–Kier alpha value is -3.07. The predicted octanol–water partition coefficient (Wildman–Crippen LogP) is 2.93. The summed E-state index contributed by atoms with van der Waals surface area (Å²) in [7, 11) is -1.56. The van der Waals surface area contributed by atoms with Gasteiger partial charge < -0.3 is 9.64 Å². The molecule has 0 fully saturated rings. The lowest BCUT2D eigenvalue weighted by molar-refractivity contribution is -0.130. The molecule has 0 unspecified atom stereocenters. The molecule has 3 aromatic rings. The normalized spacial score (nSPS) is 11.6. The van der Waals surface area contributed by atoms with Crippen molar-refractivity contribution in [3.63, 3.8) is 0 Å². The fourth-order valence-corrected chi connectivity index (χ4v) is 4.39. The number of carbonyl (C=O) groups is 1. The minimum Gasteiger partial charge on any atom is -0.493 e. The number of hydrogen-bond donors (Lipinski definition) is 0. The lowest BCUT2D eigenvalue weighted by atomic mass is 10.3. The third-order valence-electron chi connectivity index (χ3n) is 5.49. The standard InChI is InChI=1S/C24H31N3O5S/c1-4-14-26-21-11-5-6-12-22(21)27(24(26)29)16-13-23(28)25(2)15-8-17-32-19-9-7-10-20(18-19)33(3,30)31/h5-7,9-12,18H,4,8,13-17H2,1-3H3. The molecule has 8 nitrogen and oxygen atoms in total. The highest BCUT2D eigenvalue weighted by Gasteiger charge is 2.15. The number of aromatic nitrogens is 2. The lowest BCUT2D eigenvalue weighted by Gasteiger charge is -2.17. The molecule has 0 saturated carbocycles. The van der Waals surface area contributed by atoms with Crippen molar-refractivity contribution in [2.24, 2.45) is 0 Å². The molecule has 3 rings (SSSR count). The first-order valence-corrected chi connectivity index (χ1v) is 13.0. The molecule has 0 aliphatic rings. The van der Waals surface area contributed by atoms with Crippen LogP contribution in [0.3, 0.4) is 0 Å². The van der Waals surface area contributed by atoms with Gasteiger partial charge in [0.15, 0.2) is 9.84 Å². The third kappa shape index (κ3) is 6.04. The van der Waals surface area contributed by atoms with E-state index in [9.17, 15) is 18.0 Å². The van der Waals surface area contributed by atoms with Crippen LogP contribution in [-0.4, -0.2) is 54.8 Å². The van der Waals surface area contributed by atoms with Gasteiger partial charge in [-0.1, -0.05) is 25.1 Å². The van der Waals surface area contributed by atoms with Crippen molar-refractivity contribution in [1.29, 1.82) is 0 Å². The summed E-state index contributed by atoms with van der Waals surface area (Å²) < 4.78 is 32.4. The number of imidazole rings is 1. The number of ether oxygens (including phenoxy) is 1. The Kier molecular flexibility index (Phi) is 7.97. The predicted molar refractivity (Wildman–Crippen MR) is 128 cm³/mol. The minimum atomic E-state index is -3.29. The Bertz CT molecular complexity index is 1280. The van der Waals surface area contributed by atoms with E-state index in [1.807, 2.05) is 31.2 Å². The average Bonchev–Trinajstić information content (AvgIpc) is 3.06. The molecule has 0 aliphatic carbocycles. The first-order valence-electron chi connectivity index (χ1n) is 11.1. The molecule has 9 heteroatoms. The highest BCUT2D eigenvalue weighted by Crippen LogP contribution is 2.17. The van der Waals surface area contributed by atoms with Gasteiger partial charge in [0, 0.05) is 39.4 Å². The molecular weight excluding hydrogens is 442 g/mol. The van der Waals surface area contributed by atoms with E-state index in [1.165, 1.54) is 12.1 Å². The van der Waals surface area contributed by atoms with Gasteiger partial charge in [-0.15, -0.1) is 0 Å². The number of benzene rings is 2. The zero-order valence-corrected chi connectivity index (χ0v) is 20.2. The van der Waals surface area contributed by atoms with Gasteiger partial charge in [-0.3, -0.25) is 13.9 Å². The molecule has 1 heterocycles. The minimum absolute atomic E-state index is 0.0479. The van der Waals surface area contributed by atoms with Crippen molar-refractivity contribution in [2.45, 2.75) is 44.2 Å². The van der Waals surface area contributed by atoms with E-state index in [0.29, 0.717) is 38.4 Å². The fourth-order valence-electron chi connectivity index (χ4n) is 3.74. The third-order valence-corrected chi connectivity index (χ3v) is 6.60. The maximum Gasteiger partial charge on any atom is 0.329 e. The Morgan fingerprint density at radius 2 is 1.70 bits per heavy atom. The van der Waals surface area contributed by atoms with Crippen molar-refractivity contribution in [3.8, 4) is 5.75 Å². The Balaban J connectivity index is 1.52. The first-order chi connectivity index (χ1) is 15.7. The Labute approximate surface area is 194 Å². The second kappa shape index (κ2) is 10.7. The van der Waals surface area contributed by atoms with Gasteiger partial charge in [0.1, 0.15) is 5.75 Å². The summed E-state index contributed by atoms with van der Waals surface area (Å²) in [4.78, 5) is 27.3. The molecule has 0 saturated heterocycles. The summed E-state index contributed by atoms with van der Waals surface area (Å²) in [5.41, 5.74) is 1.65. The summed E-state index contributed by atoms with van der Waals surface area (Å²) in [6.45, 7) is 3.86. The van der Waals surface area contributed by atoms with Crippen LogP contribution in [0.5, 0.6) is 5.75 Å². The highest BCUT2D eigenvalue weighted by atomic mass is 32.2. The van der Waals surface area contributed by atoms with Crippen LogP contribution in [0.1, 0.15) is 26.2 Å². The quantitative estimate of drug-likeness (QED) is 0.400. The van der Waals surface area contributed by atoms with Gasteiger partial charge in [-0.05, 0) is 43.2 Å². The number of fused-ring (bicyclic) bond motifs is 1. The zero-order chi connectivity index (χ0) is 24.0. The molecular formula is C24H31N3O5S. The molecule has 33 heavy (non-hydrogen) atoms. The van der Waals surface area contributed by atoms with Crippen LogP contribution >= 0.6 is 0 Å². The lowest BCUT2D eigenvalue weighted by Crippen LogP contribution is -2.31. The molecule has 0 bridgehead atoms. The van der Waals surface area contributed by atoms with Gasteiger partial charge in [-0.25, -0.2) is 13.2 Å². The molecule has 0 N–H and O–H groups in total. The van der Waals surface area contributed by atoms with Crippen LogP contribution in [0.4, 0.5) is 0 Å². The van der Waals surface area contributed by atoms with Crippen molar-refractivity contribution >= 4 is 26.8 Å². The summed E-state index contributed by atoms with van der Waals surface area (Å²) in [5.74, 6) is 0.433. The number of nitrogens with zero attached hydrogens (tertiary/aromatic N) is 3. The summed E-state index contributed by atoms with van der Waals surface area (Å²) in [6.07, 6.45) is 2.84. The molecule has 0 atom stereocenters. The smallest absolute Gasteiger partial charge is 0.329 e. The first kappa shape index (κ1) is 24.6. The van der Waals surface area contributed by atoms with Crippen molar-refractivity contribution in [3.05, 3.63) is 59.0 Å². The summed E-state index contributed by atoms with van der Waals surface area (Å²) >= 11 is 0. The maximum atomic E-state index is 12.8. The van der Waals surface area contributed by atoms with Gasteiger partial charge in [-0.2, -0.15) is 0 Å². The van der Waals surface area contributed by atoms with E-state index in [-0.39, 0.29) is 22.9 Å². The van der Waals surface area contributed by atoms with Crippen LogP contribution in [0.15, 0.2) is 58.2 Å². The van der Waals surface area contributed by atoms with Gasteiger partial charge in [0.2, 0.25) is 5.91 Å². The van der Waals surface area contributed by atoms with Crippen LogP contribution in [0.25, 0.3) is 11.0 Å². The molecule has 0 spiro atoms. The van der Waals surface area contributed by atoms with E-state index < -0.39 is 9.84 Å². The number of hydrogen-bond acceptors (Lipinski definition) is 5. The summed E-state index contributed by atoms with van der Waals surface area (Å²) in [6, 6.07) is 14.0. The van der Waals surface area contributed by atoms with Crippen LogP contribution in [-0.2, 0) is 27.7 Å². The molecule has 2 aromatic carbocycles. The highest BCUT2D eigenvalue weighted by molar-refractivity contribution is 7.90. The van der Waals surface area contributed by atoms with E-state index in [1.54, 1.807) is 33.2 Å². The van der Waals surface area contributed by atoms with E-state index in [2.05, 4.69) is 0 Å². The Morgan fingerprint density at radius 1 is 1.03 bits per heavy atom. The number of para-hydroxylation sites is 2. The second-order valence-corrected chi connectivity index (χ2v) is 10.1. The largest absolute Gasteiger partial charge is 0.493 e. The van der Waals surface area contributed by atoms with Gasteiger partial charge in [0.05, 0.1) is 22.5 Å². The van der Waals surface area contributed by atoms with E-state index >= 15 is 0 Å². The number of amides is 1. The van der Waals surface area contributed by atoms with Crippen LogP contribution < -0.4 is 10.4 Å². The second-order valence-electron chi connectivity index (χ2n) is 8.09. The van der Waals surface area contributed by atoms with Gasteiger partial charge in [0.25, 0.3) is 0 Å². The van der Waals surface area contributed by atoms with Crippen molar-refractivity contribution in [1.82, 2.24) is 14.0 Å². The van der Waals surface area contributed by atoms with Gasteiger partial charge >= 0.3 is 5.69 Å². The number of carbonyl (C=O) groups excluding carboxylic acids is 1. The number of aryl methyl sites for hydroxylation is 2. The molecule has 178 valence electrons. The topological polar surface area (TPSA) is 90.6 Å².